The van der Waals surface area contributed by atoms with Crippen molar-refractivity contribution in [3.05, 3.63) is 23.8 Å². The minimum Gasteiger partial charge on any atom is -0.454 e. The van der Waals surface area contributed by atoms with Crippen molar-refractivity contribution in [2.45, 2.75) is 12.8 Å². The summed E-state index contributed by atoms with van der Waals surface area (Å²) in [6.07, 6.45) is 0. The Kier molecular flexibility index (Phi) is 3.38. The average Bonchev–Trinajstić information content (AvgIpc) is 2.76. The zero-order valence-corrected chi connectivity index (χ0v) is 10.7. The number of nitrogens with zero attached hydrogens (tertiary/aromatic N) is 3. The van der Waals surface area contributed by atoms with E-state index in [1.54, 1.807) is 5.01 Å². The third kappa shape index (κ3) is 2.38. The predicted molar refractivity (Wildman–Crippen MR) is 67.7 cm³/mol. The normalized spacial score (nSPS) is 15.1. The van der Waals surface area contributed by atoms with Gasteiger partial charge >= 0.3 is 0 Å². The van der Waals surface area contributed by atoms with Crippen LogP contribution in [0.15, 0.2) is 23.3 Å². The molecule has 0 amide bonds. The molecular weight excluding hydrogens is 230 g/mol. The lowest BCUT2D eigenvalue weighted by molar-refractivity contribution is 0.174. The number of ether oxygens (including phenoxy) is 2. The molecule has 5 nitrogen and oxygen atoms in total. The standard InChI is InChI=1S/C13H15N3O2/c1-9(15-16(2)3)11(7-14)10-4-5-12-13(6-10)18-8-17-12/h4-6,11H,8H2,1-3H3/b15-9+. The van der Waals surface area contributed by atoms with Crippen molar-refractivity contribution >= 4 is 5.71 Å². The Morgan fingerprint density at radius 3 is 2.78 bits per heavy atom. The van der Waals surface area contributed by atoms with Gasteiger partial charge < -0.3 is 14.5 Å². The Labute approximate surface area is 106 Å². The summed E-state index contributed by atoms with van der Waals surface area (Å²) in [7, 11) is 3.66. The van der Waals surface area contributed by atoms with Crippen LogP contribution >= 0.6 is 0 Å². The topological polar surface area (TPSA) is 57.9 Å². The average molecular weight is 245 g/mol. The molecule has 0 radical (unpaired) electrons. The van der Waals surface area contributed by atoms with E-state index in [0.29, 0.717) is 5.75 Å². The van der Waals surface area contributed by atoms with Gasteiger partial charge in [0.1, 0.15) is 5.92 Å². The molecule has 0 saturated heterocycles. The summed E-state index contributed by atoms with van der Waals surface area (Å²) in [5.74, 6) is 1.03. The molecule has 1 aromatic carbocycles. The summed E-state index contributed by atoms with van der Waals surface area (Å²) in [6.45, 7) is 2.08. The van der Waals surface area contributed by atoms with Crippen molar-refractivity contribution in [3.8, 4) is 17.6 Å². The lowest BCUT2D eigenvalue weighted by atomic mass is 9.96. The highest BCUT2D eigenvalue weighted by atomic mass is 16.7. The summed E-state index contributed by atoms with van der Waals surface area (Å²) in [5, 5.41) is 15.3. The minimum absolute atomic E-state index is 0.237. The van der Waals surface area contributed by atoms with E-state index < -0.39 is 0 Å². The molecule has 0 saturated carbocycles. The van der Waals surface area contributed by atoms with E-state index in [1.165, 1.54) is 0 Å². The lowest BCUT2D eigenvalue weighted by Gasteiger charge is -2.12. The number of hydrazone groups is 1. The largest absolute Gasteiger partial charge is 0.454 e. The van der Waals surface area contributed by atoms with Crippen molar-refractivity contribution in [1.82, 2.24) is 5.01 Å². The first kappa shape index (κ1) is 12.2. The molecule has 1 unspecified atom stereocenters. The molecule has 0 N–H and O–H groups in total. The van der Waals surface area contributed by atoms with Gasteiger partial charge in [0, 0.05) is 14.1 Å². The van der Waals surface area contributed by atoms with E-state index in [0.717, 1.165) is 17.0 Å². The fourth-order valence-electron chi connectivity index (χ4n) is 1.88. The van der Waals surface area contributed by atoms with Gasteiger partial charge in [-0.3, -0.25) is 0 Å². The van der Waals surface area contributed by atoms with Gasteiger partial charge in [-0.2, -0.15) is 10.4 Å². The Morgan fingerprint density at radius 1 is 1.39 bits per heavy atom. The zero-order valence-electron chi connectivity index (χ0n) is 10.7. The molecule has 1 aliphatic heterocycles. The van der Waals surface area contributed by atoms with Crippen LogP contribution in [0.25, 0.3) is 0 Å². The maximum Gasteiger partial charge on any atom is 0.231 e. The smallest absolute Gasteiger partial charge is 0.231 e. The SMILES string of the molecule is C/C(=N\N(C)C)C(C#N)c1ccc2c(c1)OCO2. The summed E-state index contributed by atoms with van der Waals surface area (Å²) in [6, 6.07) is 7.79. The maximum atomic E-state index is 9.29. The first-order chi connectivity index (χ1) is 8.61. The molecule has 18 heavy (non-hydrogen) atoms. The maximum absolute atomic E-state index is 9.29. The molecule has 2 rings (SSSR count). The molecule has 0 aromatic heterocycles. The molecule has 0 fully saturated rings. The van der Waals surface area contributed by atoms with E-state index in [4.69, 9.17) is 9.47 Å². The summed E-state index contributed by atoms with van der Waals surface area (Å²) in [5.41, 5.74) is 1.62. The van der Waals surface area contributed by atoms with E-state index in [-0.39, 0.29) is 12.7 Å². The van der Waals surface area contributed by atoms with Crippen molar-refractivity contribution in [3.63, 3.8) is 0 Å². The van der Waals surface area contributed by atoms with Crippen LogP contribution in [0.2, 0.25) is 0 Å². The highest BCUT2D eigenvalue weighted by Gasteiger charge is 2.19. The van der Waals surface area contributed by atoms with Crippen LogP contribution in [0.1, 0.15) is 18.4 Å². The van der Waals surface area contributed by atoms with Crippen LogP contribution in [-0.2, 0) is 0 Å². The Bertz CT molecular complexity index is 517. The second kappa shape index (κ2) is 4.96. The molecule has 1 aliphatic rings. The number of hydrogen-bond acceptors (Lipinski definition) is 5. The molecule has 0 spiro atoms. The molecule has 5 heteroatoms. The number of hydrogen-bond donors (Lipinski definition) is 0. The number of fused-ring (bicyclic) bond motifs is 1. The van der Waals surface area contributed by atoms with E-state index in [1.807, 2.05) is 39.2 Å². The van der Waals surface area contributed by atoms with Crippen LogP contribution in [0.3, 0.4) is 0 Å². The van der Waals surface area contributed by atoms with Gasteiger partial charge in [-0.05, 0) is 24.6 Å². The monoisotopic (exact) mass is 245 g/mol. The quantitative estimate of drug-likeness (QED) is 0.603. The Balaban J connectivity index is 2.32. The Hall–Kier alpha value is -2.22. The molecule has 1 aromatic rings. The first-order valence-corrected chi connectivity index (χ1v) is 5.63. The van der Waals surface area contributed by atoms with Gasteiger partial charge in [-0.1, -0.05) is 6.07 Å². The summed E-state index contributed by atoms with van der Waals surface area (Å²) in [4.78, 5) is 0. The van der Waals surface area contributed by atoms with Crippen molar-refractivity contribution in [2.24, 2.45) is 5.10 Å². The predicted octanol–water partition coefficient (Wildman–Crippen LogP) is 1.96. The molecule has 94 valence electrons. The van der Waals surface area contributed by atoms with Crippen LogP contribution < -0.4 is 9.47 Å². The van der Waals surface area contributed by atoms with Crippen LogP contribution in [0.4, 0.5) is 0 Å². The number of rotatable bonds is 3. The summed E-state index contributed by atoms with van der Waals surface area (Å²) >= 11 is 0. The van der Waals surface area contributed by atoms with Crippen molar-refractivity contribution in [2.75, 3.05) is 20.9 Å². The second-order valence-corrected chi connectivity index (χ2v) is 4.26. The van der Waals surface area contributed by atoms with Crippen LogP contribution in [0.5, 0.6) is 11.5 Å². The second-order valence-electron chi connectivity index (χ2n) is 4.26. The van der Waals surface area contributed by atoms with Gasteiger partial charge in [0.15, 0.2) is 11.5 Å². The van der Waals surface area contributed by atoms with Gasteiger partial charge in [-0.25, -0.2) is 0 Å². The third-order valence-corrected chi connectivity index (χ3v) is 2.63. The lowest BCUT2D eigenvalue weighted by Crippen LogP contribution is -2.13. The van der Waals surface area contributed by atoms with Crippen LogP contribution in [0, 0.1) is 11.3 Å². The van der Waals surface area contributed by atoms with E-state index in [2.05, 4.69) is 11.2 Å². The van der Waals surface area contributed by atoms with E-state index in [9.17, 15) is 5.26 Å². The highest BCUT2D eigenvalue weighted by Crippen LogP contribution is 2.34. The molecule has 0 bridgehead atoms. The van der Waals surface area contributed by atoms with Gasteiger partial charge in [-0.15, -0.1) is 0 Å². The number of nitriles is 1. The fourth-order valence-corrected chi connectivity index (χ4v) is 1.88. The highest BCUT2D eigenvalue weighted by molar-refractivity contribution is 5.91. The van der Waals surface area contributed by atoms with Crippen molar-refractivity contribution in [1.29, 1.82) is 5.26 Å². The molecule has 1 heterocycles. The first-order valence-electron chi connectivity index (χ1n) is 5.63. The van der Waals surface area contributed by atoms with Gasteiger partial charge in [0.25, 0.3) is 0 Å². The summed E-state index contributed by atoms with van der Waals surface area (Å²) < 4.78 is 10.6. The third-order valence-electron chi connectivity index (χ3n) is 2.63. The van der Waals surface area contributed by atoms with Gasteiger partial charge in [0.2, 0.25) is 6.79 Å². The van der Waals surface area contributed by atoms with Crippen LogP contribution in [-0.4, -0.2) is 31.6 Å². The Morgan fingerprint density at radius 2 is 2.11 bits per heavy atom. The molecule has 1 atom stereocenters. The fraction of sp³-hybridized carbons (Fsp3) is 0.385. The van der Waals surface area contributed by atoms with Crippen molar-refractivity contribution < 1.29 is 9.47 Å². The zero-order chi connectivity index (χ0) is 13.1. The molecule has 0 aliphatic carbocycles. The number of benzene rings is 1. The van der Waals surface area contributed by atoms with E-state index >= 15 is 0 Å². The molecular formula is C13H15N3O2. The van der Waals surface area contributed by atoms with Gasteiger partial charge in [0.05, 0.1) is 11.8 Å². The minimum atomic E-state index is -0.373.